The molecule has 0 unspecified atom stereocenters. The van der Waals surface area contributed by atoms with Gasteiger partial charge in [0.2, 0.25) is 5.91 Å². The topological polar surface area (TPSA) is 82.5 Å². The van der Waals surface area contributed by atoms with Crippen LogP contribution in [0.25, 0.3) is 0 Å². The van der Waals surface area contributed by atoms with Gasteiger partial charge in [-0.25, -0.2) is 4.98 Å². The zero-order valence-electron chi connectivity index (χ0n) is 15.1. The van der Waals surface area contributed by atoms with Crippen LogP contribution in [0.1, 0.15) is 16.1 Å². The molecular weight excluding hydrogens is 344 g/mol. The molecular formula is C19H22N6O2. The molecule has 8 nitrogen and oxygen atoms in total. The van der Waals surface area contributed by atoms with E-state index in [4.69, 9.17) is 0 Å². The number of pyridine rings is 1. The third kappa shape index (κ3) is 3.95. The Morgan fingerprint density at radius 2 is 1.67 bits per heavy atom. The summed E-state index contributed by atoms with van der Waals surface area (Å²) in [6, 6.07) is 4.04. The average molecular weight is 366 g/mol. The predicted octanol–water partition coefficient (Wildman–Crippen LogP) is 0.288. The van der Waals surface area contributed by atoms with Crippen molar-refractivity contribution in [3.05, 3.63) is 54.4 Å². The van der Waals surface area contributed by atoms with Gasteiger partial charge in [-0.05, 0) is 17.7 Å². The fraction of sp³-hybridized carbons (Fsp3) is 0.421. The highest BCUT2D eigenvalue weighted by Gasteiger charge is 2.39. The summed E-state index contributed by atoms with van der Waals surface area (Å²) in [4.78, 5) is 42.9. The Labute approximate surface area is 157 Å². The van der Waals surface area contributed by atoms with Crippen molar-refractivity contribution in [2.24, 2.45) is 5.92 Å². The molecule has 2 amide bonds. The lowest BCUT2D eigenvalue weighted by Crippen LogP contribution is -2.59. The molecule has 0 spiro atoms. The molecule has 4 rings (SSSR count). The third-order valence-electron chi connectivity index (χ3n) is 5.14. The zero-order valence-corrected chi connectivity index (χ0v) is 15.1. The minimum atomic E-state index is -0.158. The molecule has 0 saturated carbocycles. The molecule has 140 valence electrons. The highest BCUT2D eigenvalue weighted by molar-refractivity contribution is 5.94. The lowest BCUT2D eigenvalue weighted by molar-refractivity contribution is -0.141. The number of hydrogen-bond acceptors (Lipinski definition) is 6. The molecule has 8 heteroatoms. The lowest BCUT2D eigenvalue weighted by Gasteiger charge is -2.42. The molecule has 2 saturated heterocycles. The standard InChI is InChI=1S/C19H22N6O2/c26-18(16-13-25(14-16)19(27)17-11-21-5-6-22-17)24-9-7-23(8-10-24)12-15-1-3-20-4-2-15/h1-6,11,16H,7-10,12-14H2. The van der Waals surface area contributed by atoms with E-state index in [0.29, 0.717) is 18.8 Å². The minimum Gasteiger partial charge on any atom is -0.340 e. The number of carbonyl (C=O) groups excluding carboxylic acids is 2. The van der Waals surface area contributed by atoms with Crippen LogP contribution < -0.4 is 0 Å². The van der Waals surface area contributed by atoms with Gasteiger partial charge in [-0.1, -0.05) is 0 Å². The first-order valence-corrected chi connectivity index (χ1v) is 9.16. The van der Waals surface area contributed by atoms with Gasteiger partial charge in [0.05, 0.1) is 12.1 Å². The summed E-state index contributed by atoms with van der Waals surface area (Å²) < 4.78 is 0. The summed E-state index contributed by atoms with van der Waals surface area (Å²) in [6.07, 6.45) is 8.10. The largest absolute Gasteiger partial charge is 0.340 e. The molecule has 2 aliphatic rings. The van der Waals surface area contributed by atoms with Crippen LogP contribution in [0.4, 0.5) is 0 Å². The number of rotatable bonds is 4. The maximum atomic E-state index is 12.7. The van der Waals surface area contributed by atoms with E-state index in [9.17, 15) is 9.59 Å². The third-order valence-corrected chi connectivity index (χ3v) is 5.14. The van der Waals surface area contributed by atoms with Crippen molar-refractivity contribution >= 4 is 11.8 Å². The quantitative estimate of drug-likeness (QED) is 0.773. The SMILES string of the molecule is O=C(c1cnccn1)N1CC(C(=O)N2CCN(Cc3ccncc3)CC2)C1. The molecule has 4 heterocycles. The van der Waals surface area contributed by atoms with Gasteiger partial charge in [0.15, 0.2) is 0 Å². The molecule has 0 bridgehead atoms. The molecule has 27 heavy (non-hydrogen) atoms. The zero-order chi connectivity index (χ0) is 18.6. The Morgan fingerprint density at radius 1 is 0.926 bits per heavy atom. The van der Waals surface area contributed by atoms with Crippen molar-refractivity contribution in [2.45, 2.75) is 6.54 Å². The fourth-order valence-corrected chi connectivity index (χ4v) is 3.50. The number of aromatic nitrogens is 3. The van der Waals surface area contributed by atoms with Crippen LogP contribution in [0.2, 0.25) is 0 Å². The van der Waals surface area contributed by atoms with Crippen molar-refractivity contribution in [3.63, 3.8) is 0 Å². The molecule has 2 fully saturated rings. The van der Waals surface area contributed by atoms with Crippen LogP contribution in [0.5, 0.6) is 0 Å². The molecule has 0 aromatic carbocycles. The van der Waals surface area contributed by atoms with Crippen LogP contribution in [0, 0.1) is 5.92 Å². The number of carbonyl (C=O) groups is 2. The Morgan fingerprint density at radius 3 is 2.33 bits per heavy atom. The average Bonchev–Trinajstić information content (AvgIpc) is 2.69. The van der Waals surface area contributed by atoms with Crippen molar-refractivity contribution in [1.82, 2.24) is 29.7 Å². The van der Waals surface area contributed by atoms with E-state index in [-0.39, 0.29) is 17.7 Å². The number of piperazine rings is 1. The Hall–Kier alpha value is -2.87. The van der Waals surface area contributed by atoms with Gasteiger partial charge in [0.25, 0.3) is 5.91 Å². The first-order valence-electron chi connectivity index (χ1n) is 9.16. The van der Waals surface area contributed by atoms with E-state index in [0.717, 1.165) is 32.7 Å². The Bertz CT molecular complexity index is 786. The number of likely N-dealkylation sites (tertiary alicyclic amines) is 1. The van der Waals surface area contributed by atoms with E-state index in [1.165, 1.54) is 24.2 Å². The first kappa shape index (κ1) is 17.5. The summed E-state index contributed by atoms with van der Waals surface area (Å²) in [5.41, 5.74) is 1.56. The highest BCUT2D eigenvalue weighted by Crippen LogP contribution is 2.21. The van der Waals surface area contributed by atoms with Gasteiger partial charge in [-0.3, -0.25) is 24.5 Å². The van der Waals surface area contributed by atoms with Crippen LogP contribution in [-0.4, -0.2) is 80.7 Å². The van der Waals surface area contributed by atoms with Crippen molar-refractivity contribution in [2.75, 3.05) is 39.3 Å². The molecule has 0 atom stereocenters. The van der Waals surface area contributed by atoms with Gasteiger partial charge in [-0.15, -0.1) is 0 Å². The van der Waals surface area contributed by atoms with Crippen LogP contribution in [0.15, 0.2) is 43.1 Å². The van der Waals surface area contributed by atoms with Crippen LogP contribution in [-0.2, 0) is 11.3 Å². The van der Waals surface area contributed by atoms with Crippen molar-refractivity contribution in [3.8, 4) is 0 Å². The second-order valence-electron chi connectivity index (χ2n) is 6.95. The van der Waals surface area contributed by atoms with Gasteiger partial charge in [-0.2, -0.15) is 0 Å². The van der Waals surface area contributed by atoms with Gasteiger partial charge >= 0.3 is 0 Å². The van der Waals surface area contributed by atoms with E-state index in [1.54, 1.807) is 17.3 Å². The van der Waals surface area contributed by atoms with E-state index in [1.807, 2.05) is 17.0 Å². The predicted molar refractivity (Wildman–Crippen MR) is 97.5 cm³/mol. The molecule has 2 aromatic heterocycles. The lowest BCUT2D eigenvalue weighted by atomic mass is 9.97. The van der Waals surface area contributed by atoms with Gasteiger partial charge < -0.3 is 9.80 Å². The Kier molecular flexibility index (Phi) is 5.06. The Balaban J connectivity index is 1.23. The first-order chi connectivity index (χ1) is 13.2. The molecule has 2 aliphatic heterocycles. The van der Waals surface area contributed by atoms with E-state index in [2.05, 4.69) is 19.9 Å². The number of nitrogens with zero attached hydrogens (tertiary/aromatic N) is 6. The maximum Gasteiger partial charge on any atom is 0.274 e. The maximum absolute atomic E-state index is 12.7. The van der Waals surface area contributed by atoms with E-state index < -0.39 is 0 Å². The smallest absolute Gasteiger partial charge is 0.274 e. The summed E-state index contributed by atoms with van der Waals surface area (Å²) in [5.74, 6) is -0.103. The fourth-order valence-electron chi connectivity index (χ4n) is 3.50. The van der Waals surface area contributed by atoms with Crippen molar-refractivity contribution < 1.29 is 9.59 Å². The second-order valence-corrected chi connectivity index (χ2v) is 6.95. The summed E-state index contributed by atoms with van der Waals surface area (Å²) >= 11 is 0. The van der Waals surface area contributed by atoms with Gasteiger partial charge in [0.1, 0.15) is 5.69 Å². The van der Waals surface area contributed by atoms with Crippen molar-refractivity contribution in [1.29, 1.82) is 0 Å². The minimum absolute atomic E-state index is 0.0997. The van der Waals surface area contributed by atoms with Gasteiger partial charge in [0, 0.05) is 70.6 Å². The number of hydrogen-bond donors (Lipinski definition) is 0. The number of amides is 2. The van der Waals surface area contributed by atoms with E-state index >= 15 is 0 Å². The summed E-state index contributed by atoms with van der Waals surface area (Å²) in [6.45, 7) is 5.01. The molecule has 0 N–H and O–H groups in total. The normalized spacial score (nSPS) is 18.2. The molecule has 2 aromatic rings. The second kappa shape index (κ2) is 7.79. The monoisotopic (exact) mass is 366 g/mol. The molecule has 0 aliphatic carbocycles. The summed E-state index contributed by atoms with van der Waals surface area (Å²) in [5, 5.41) is 0. The van der Waals surface area contributed by atoms with Crippen LogP contribution in [0.3, 0.4) is 0 Å². The highest BCUT2D eigenvalue weighted by atomic mass is 16.2. The van der Waals surface area contributed by atoms with Crippen LogP contribution >= 0.6 is 0 Å². The summed E-state index contributed by atoms with van der Waals surface area (Å²) in [7, 11) is 0. The molecule has 0 radical (unpaired) electrons.